The average molecular weight is 343 g/mol. The molecule has 2 rings (SSSR count). The Kier molecular flexibility index (Phi) is 6.25. The van der Waals surface area contributed by atoms with Crippen molar-refractivity contribution in [3.63, 3.8) is 0 Å². The molecule has 6 heteroatoms. The highest BCUT2D eigenvalue weighted by Gasteiger charge is 2.37. The second-order valence-corrected chi connectivity index (χ2v) is 6.87. The predicted molar refractivity (Wildman–Crippen MR) is 84.9 cm³/mol. The van der Waals surface area contributed by atoms with Crippen LogP contribution in [0.1, 0.15) is 44.6 Å². The first-order valence-electron chi connectivity index (χ1n) is 7.78. The summed E-state index contributed by atoms with van der Waals surface area (Å²) in [6.45, 7) is 2.52. The van der Waals surface area contributed by atoms with Gasteiger partial charge in [0.1, 0.15) is 11.0 Å². The fourth-order valence-corrected chi connectivity index (χ4v) is 4.05. The number of benzene rings is 1. The van der Waals surface area contributed by atoms with Gasteiger partial charge in [0.15, 0.2) is 0 Å². The van der Waals surface area contributed by atoms with E-state index in [0.717, 1.165) is 38.2 Å². The molecule has 0 aliphatic carbocycles. The average Bonchev–Trinajstić information content (AvgIpc) is 2.54. The first-order valence-corrected chi connectivity index (χ1v) is 8.89. The number of piperidine rings is 1. The van der Waals surface area contributed by atoms with Crippen LogP contribution in [0.15, 0.2) is 29.2 Å². The normalized spacial score (nSPS) is 20.6. The van der Waals surface area contributed by atoms with Crippen molar-refractivity contribution in [2.24, 2.45) is 0 Å². The molecular formula is C17H20F3NOS. The van der Waals surface area contributed by atoms with E-state index in [2.05, 4.69) is 11.8 Å². The van der Waals surface area contributed by atoms with Crippen LogP contribution in [0.3, 0.4) is 0 Å². The van der Waals surface area contributed by atoms with Crippen LogP contribution >= 0.6 is 0 Å². The lowest BCUT2D eigenvalue weighted by Crippen LogP contribution is -2.40. The van der Waals surface area contributed by atoms with Gasteiger partial charge in [-0.1, -0.05) is 25.0 Å². The summed E-state index contributed by atoms with van der Waals surface area (Å²) in [5.41, 5.74) is -0.829. The number of unbranched alkanes of at least 4 members (excludes halogenated alkanes) is 1. The summed E-state index contributed by atoms with van der Waals surface area (Å²) in [5, 5.41) is 0. The summed E-state index contributed by atoms with van der Waals surface area (Å²) in [7, 11) is -1.85. The van der Waals surface area contributed by atoms with Crippen molar-refractivity contribution in [3.05, 3.63) is 29.8 Å². The van der Waals surface area contributed by atoms with Crippen LogP contribution in [0.4, 0.5) is 13.2 Å². The lowest BCUT2D eigenvalue weighted by atomic mass is 10.1. The maximum Gasteiger partial charge on any atom is 0.417 e. The van der Waals surface area contributed by atoms with Crippen molar-refractivity contribution >= 4 is 11.0 Å². The zero-order chi connectivity index (χ0) is 16.9. The molecule has 0 radical (unpaired) electrons. The Hall–Kier alpha value is -1.32. The van der Waals surface area contributed by atoms with Gasteiger partial charge in [-0.2, -0.15) is 13.2 Å². The van der Waals surface area contributed by atoms with Crippen LogP contribution in [0.25, 0.3) is 0 Å². The largest absolute Gasteiger partial charge is 0.417 e. The fraction of sp³-hybridized carbons (Fsp3) is 0.529. The van der Waals surface area contributed by atoms with Gasteiger partial charge < -0.3 is 0 Å². The molecule has 0 amide bonds. The summed E-state index contributed by atoms with van der Waals surface area (Å²) >= 11 is 0. The zero-order valence-corrected chi connectivity index (χ0v) is 13.8. The summed E-state index contributed by atoms with van der Waals surface area (Å²) in [6.07, 6.45) is -0.302. The topological polar surface area (TPSA) is 20.3 Å². The minimum atomic E-state index is -4.51. The Morgan fingerprint density at radius 2 is 2.04 bits per heavy atom. The molecule has 1 aliphatic rings. The molecule has 0 aromatic heterocycles. The van der Waals surface area contributed by atoms with E-state index in [1.807, 2.05) is 6.92 Å². The quantitative estimate of drug-likeness (QED) is 0.746. The van der Waals surface area contributed by atoms with Crippen molar-refractivity contribution in [2.75, 3.05) is 6.54 Å². The Morgan fingerprint density at radius 3 is 2.74 bits per heavy atom. The van der Waals surface area contributed by atoms with Crippen LogP contribution in [0.5, 0.6) is 0 Å². The number of hydrogen-bond donors (Lipinski definition) is 0. The molecule has 2 atom stereocenters. The summed E-state index contributed by atoms with van der Waals surface area (Å²) in [4.78, 5) is -0.177. The maximum absolute atomic E-state index is 13.1. The van der Waals surface area contributed by atoms with E-state index < -0.39 is 22.7 Å². The first kappa shape index (κ1) is 18.0. The van der Waals surface area contributed by atoms with Crippen molar-refractivity contribution in [2.45, 2.75) is 56.1 Å². The zero-order valence-electron chi connectivity index (χ0n) is 13.0. The van der Waals surface area contributed by atoms with Gasteiger partial charge in [-0.3, -0.25) is 0 Å². The monoisotopic (exact) mass is 343 g/mol. The molecule has 0 bridgehead atoms. The van der Waals surface area contributed by atoms with E-state index in [9.17, 15) is 17.4 Å². The molecule has 0 N–H and O–H groups in total. The Morgan fingerprint density at radius 1 is 1.30 bits per heavy atom. The predicted octanol–water partition coefficient (Wildman–Crippen LogP) is 4.39. The molecule has 0 spiro atoms. The standard InChI is InChI=1S/C17H20F3NOS/c1-2-3-4-9-14-10-7-8-13-21(14)23(22)16-12-6-5-11-15(16)17(18,19)20/h5-6,11-12,14H,2-3,7-8,10,13H2,1H3/t14-,23+/m1/s1. The van der Waals surface area contributed by atoms with Crippen molar-refractivity contribution in [1.29, 1.82) is 0 Å². The van der Waals surface area contributed by atoms with Gasteiger partial charge >= 0.3 is 6.18 Å². The van der Waals surface area contributed by atoms with Gasteiger partial charge in [0.2, 0.25) is 0 Å². The number of hydrogen-bond acceptors (Lipinski definition) is 1. The summed E-state index contributed by atoms with van der Waals surface area (Å²) < 4.78 is 53.8. The van der Waals surface area contributed by atoms with Gasteiger partial charge in [-0.25, -0.2) is 8.51 Å². The molecule has 1 aliphatic heterocycles. The smallest absolute Gasteiger partial charge is 0.237 e. The molecule has 2 nitrogen and oxygen atoms in total. The van der Waals surface area contributed by atoms with E-state index in [-0.39, 0.29) is 10.9 Å². The molecule has 1 aromatic rings. The van der Waals surface area contributed by atoms with Crippen LogP contribution in [0, 0.1) is 11.8 Å². The number of halogens is 3. The summed E-state index contributed by atoms with van der Waals surface area (Å²) in [5.74, 6) is 6.12. The maximum atomic E-state index is 13.1. The molecule has 1 fully saturated rings. The highest BCUT2D eigenvalue weighted by molar-refractivity contribution is 7.82. The molecule has 0 unspecified atom stereocenters. The molecular weight excluding hydrogens is 323 g/mol. The van der Waals surface area contributed by atoms with E-state index in [1.54, 1.807) is 4.31 Å². The SMILES string of the molecule is CCCC#C[C@@H]1CCCCN1[S@@](=O)c1ccccc1C(F)(F)F. The third-order valence-electron chi connectivity index (χ3n) is 3.69. The van der Waals surface area contributed by atoms with Gasteiger partial charge in [0.05, 0.1) is 16.5 Å². The lowest BCUT2D eigenvalue weighted by molar-refractivity contribution is -0.139. The van der Waals surface area contributed by atoms with Crippen LogP contribution in [0.2, 0.25) is 0 Å². The molecule has 1 aromatic carbocycles. The van der Waals surface area contributed by atoms with Crippen LogP contribution < -0.4 is 0 Å². The lowest BCUT2D eigenvalue weighted by Gasteiger charge is -2.31. The van der Waals surface area contributed by atoms with Crippen molar-refractivity contribution in [3.8, 4) is 11.8 Å². The first-order chi connectivity index (χ1) is 10.9. The van der Waals surface area contributed by atoms with Gasteiger partial charge in [0.25, 0.3) is 0 Å². The van der Waals surface area contributed by atoms with E-state index in [4.69, 9.17) is 0 Å². The molecule has 0 saturated carbocycles. The summed E-state index contributed by atoms with van der Waals surface area (Å²) in [6, 6.07) is 4.85. The minimum absolute atomic E-state index is 0.177. The second-order valence-electron chi connectivity index (χ2n) is 5.47. The Bertz CT molecular complexity index is 618. The molecule has 126 valence electrons. The highest BCUT2D eigenvalue weighted by atomic mass is 32.2. The highest BCUT2D eigenvalue weighted by Crippen LogP contribution is 2.35. The third-order valence-corrected chi connectivity index (χ3v) is 5.29. The second kappa shape index (κ2) is 7.98. The Balaban J connectivity index is 2.30. The molecule has 1 saturated heterocycles. The molecule has 1 heterocycles. The molecule has 23 heavy (non-hydrogen) atoms. The van der Waals surface area contributed by atoms with Crippen LogP contribution in [-0.2, 0) is 17.2 Å². The van der Waals surface area contributed by atoms with Crippen molar-refractivity contribution in [1.82, 2.24) is 4.31 Å². The third kappa shape index (κ3) is 4.58. The number of rotatable bonds is 3. The van der Waals surface area contributed by atoms with E-state index in [1.165, 1.54) is 18.2 Å². The minimum Gasteiger partial charge on any atom is -0.237 e. The Labute approximate surface area is 137 Å². The van der Waals surface area contributed by atoms with Crippen molar-refractivity contribution < 1.29 is 17.4 Å². The van der Waals surface area contributed by atoms with Gasteiger partial charge in [-0.05, 0) is 37.8 Å². The van der Waals surface area contributed by atoms with Gasteiger partial charge in [0, 0.05) is 13.0 Å². The van der Waals surface area contributed by atoms with E-state index in [0.29, 0.717) is 6.54 Å². The number of alkyl halides is 3. The van der Waals surface area contributed by atoms with E-state index >= 15 is 0 Å². The number of nitrogens with zero attached hydrogens (tertiary/aromatic N) is 1. The van der Waals surface area contributed by atoms with Gasteiger partial charge in [-0.15, -0.1) is 5.92 Å². The fourth-order valence-electron chi connectivity index (χ4n) is 2.54. The van der Waals surface area contributed by atoms with Crippen LogP contribution in [-0.4, -0.2) is 21.1 Å².